The average molecular weight is 479 g/mol. The summed E-state index contributed by atoms with van der Waals surface area (Å²) >= 11 is 1.39. The number of hydrogen-bond donors (Lipinski definition) is 1. The van der Waals surface area contributed by atoms with Gasteiger partial charge in [-0.3, -0.25) is 14.9 Å². The lowest BCUT2D eigenvalue weighted by Crippen LogP contribution is -2.38. The summed E-state index contributed by atoms with van der Waals surface area (Å²) in [5.74, 6) is 0.936. The summed E-state index contributed by atoms with van der Waals surface area (Å²) in [4.78, 5) is 27.5. The number of tetrazole rings is 1. The van der Waals surface area contributed by atoms with E-state index in [2.05, 4.69) is 34.5 Å². The zero-order valence-electron chi connectivity index (χ0n) is 19.0. The van der Waals surface area contributed by atoms with Crippen molar-refractivity contribution in [3.8, 4) is 0 Å². The van der Waals surface area contributed by atoms with E-state index >= 15 is 0 Å². The van der Waals surface area contributed by atoms with Crippen LogP contribution in [0.25, 0.3) is 6.08 Å². The van der Waals surface area contributed by atoms with E-state index in [0.29, 0.717) is 35.3 Å². The number of likely N-dealkylation sites (tertiary alicyclic amines) is 1. The molecule has 2 aromatic carbocycles. The monoisotopic (exact) mass is 478 g/mol. The summed E-state index contributed by atoms with van der Waals surface area (Å²) in [6, 6.07) is 13.0. The highest BCUT2D eigenvalue weighted by atomic mass is 32.2. The molecule has 1 fully saturated rings. The van der Waals surface area contributed by atoms with Gasteiger partial charge in [0.2, 0.25) is 5.91 Å². The minimum absolute atomic E-state index is 0.0222. The number of carbonyl (C=O) groups is 1. The lowest BCUT2D eigenvalue weighted by molar-refractivity contribution is -0.387. The van der Waals surface area contributed by atoms with Gasteiger partial charge in [0.15, 0.2) is 5.82 Å². The van der Waals surface area contributed by atoms with Crippen molar-refractivity contribution >= 4 is 29.4 Å². The molecule has 0 radical (unpaired) electrons. The van der Waals surface area contributed by atoms with E-state index in [1.54, 1.807) is 23.1 Å². The minimum atomic E-state index is -0.375. The fourth-order valence-electron chi connectivity index (χ4n) is 4.05. The van der Waals surface area contributed by atoms with Gasteiger partial charge in [-0.25, -0.2) is 5.10 Å². The number of nitro groups is 1. The number of amides is 1. The van der Waals surface area contributed by atoms with Crippen LogP contribution in [-0.2, 0) is 4.79 Å². The second-order valence-electron chi connectivity index (χ2n) is 8.52. The standard InChI is InChI=1S/C24H26N6O3S/c1-16(2)19-7-3-4-8-21(19)34-22-11-9-17(14-20(22)30(32)33)10-12-23(31)29-13-5-6-18(15-29)24-25-27-28-26-24/h3-4,7-12,14,16,18H,5-6,13,15H2,1-2H3,(H,25,26,27,28). The van der Waals surface area contributed by atoms with Crippen molar-refractivity contribution in [2.75, 3.05) is 13.1 Å². The maximum atomic E-state index is 12.8. The van der Waals surface area contributed by atoms with E-state index in [4.69, 9.17) is 0 Å². The van der Waals surface area contributed by atoms with Gasteiger partial charge in [0.05, 0.1) is 9.82 Å². The Morgan fingerprint density at radius 3 is 2.82 bits per heavy atom. The number of benzene rings is 2. The maximum absolute atomic E-state index is 12.8. The number of aromatic amines is 1. The summed E-state index contributed by atoms with van der Waals surface area (Å²) < 4.78 is 0. The molecule has 1 saturated heterocycles. The van der Waals surface area contributed by atoms with Gasteiger partial charge in [0, 0.05) is 36.0 Å². The predicted molar refractivity (Wildman–Crippen MR) is 130 cm³/mol. The molecule has 10 heteroatoms. The van der Waals surface area contributed by atoms with Crippen LogP contribution in [-0.4, -0.2) is 49.4 Å². The Balaban J connectivity index is 1.49. The quantitative estimate of drug-likeness (QED) is 0.294. The van der Waals surface area contributed by atoms with Gasteiger partial charge < -0.3 is 4.90 Å². The molecule has 1 unspecified atom stereocenters. The molecule has 176 valence electrons. The summed E-state index contributed by atoms with van der Waals surface area (Å²) in [6.45, 7) is 5.40. The highest BCUT2D eigenvalue weighted by molar-refractivity contribution is 7.99. The summed E-state index contributed by atoms with van der Waals surface area (Å²) in [5.41, 5.74) is 1.78. The Labute approximate surface area is 201 Å². The third-order valence-corrected chi connectivity index (χ3v) is 7.00. The number of piperidine rings is 1. The third kappa shape index (κ3) is 5.51. The van der Waals surface area contributed by atoms with Crippen LogP contribution < -0.4 is 0 Å². The number of nitrogens with zero attached hydrogens (tertiary/aromatic N) is 5. The molecule has 1 N–H and O–H groups in total. The van der Waals surface area contributed by atoms with Crippen LogP contribution >= 0.6 is 11.8 Å². The van der Waals surface area contributed by atoms with Crippen LogP contribution in [0.1, 0.15) is 55.5 Å². The normalized spacial score (nSPS) is 16.3. The molecule has 9 nitrogen and oxygen atoms in total. The Kier molecular flexibility index (Phi) is 7.36. The summed E-state index contributed by atoms with van der Waals surface area (Å²) in [7, 11) is 0. The molecular formula is C24H26N6O3S. The topological polar surface area (TPSA) is 118 Å². The number of nitrogens with one attached hydrogen (secondary N) is 1. The van der Waals surface area contributed by atoms with E-state index in [1.165, 1.54) is 23.9 Å². The molecule has 4 rings (SSSR count). The Morgan fingerprint density at radius 2 is 2.09 bits per heavy atom. The van der Waals surface area contributed by atoms with Gasteiger partial charge in [-0.1, -0.05) is 49.9 Å². The van der Waals surface area contributed by atoms with Gasteiger partial charge in [0.1, 0.15) is 0 Å². The number of hydrogen-bond acceptors (Lipinski definition) is 7. The molecule has 34 heavy (non-hydrogen) atoms. The second kappa shape index (κ2) is 10.6. The van der Waals surface area contributed by atoms with Crippen molar-refractivity contribution in [3.63, 3.8) is 0 Å². The Bertz CT molecular complexity index is 1200. The molecule has 1 aromatic heterocycles. The Hall–Kier alpha value is -3.53. The maximum Gasteiger partial charge on any atom is 0.283 e. The van der Waals surface area contributed by atoms with Crippen molar-refractivity contribution in [1.82, 2.24) is 25.5 Å². The lowest BCUT2D eigenvalue weighted by Gasteiger charge is -2.30. The zero-order valence-corrected chi connectivity index (χ0v) is 19.9. The highest BCUT2D eigenvalue weighted by Crippen LogP contribution is 2.39. The minimum Gasteiger partial charge on any atom is -0.338 e. The van der Waals surface area contributed by atoms with E-state index in [1.807, 2.05) is 24.3 Å². The largest absolute Gasteiger partial charge is 0.338 e. The number of carbonyl (C=O) groups excluding carboxylic acids is 1. The Morgan fingerprint density at radius 1 is 1.26 bits per heavy atom. The van der Waals surface area contributed by atoms with Crippen LogP contribution in [0.4, 0.5) is 5.69 Å². The van der Waals surface area contributed by atoms with Gasteiger partial charge in [-0.2, -0.15) is 0 Å². The van der Waals surface area contributed by atoms with Crippen LogP contribution in [0, 0.1) is 10.1 Å². The van der Waals surface area contributed by atoms with Gasteiger partial charge in [-0.05, 0) is 58.5 Å². The first-order chi connectivity index (χ1) is 16.4. The molecule has 0 bridgehead atoms. The van der Waals surface area contributed by atoms with Gasteiger partial charge in [0.25, 0.3) is 5.69 Å². The van der Waals surface area contributed by atoms with Gasteiger partial charge >= 0.3 is 0 Å². The molecule has 1 amide bonds. The summed E-state index contributed by atoms with van der Waals surface area (Å²) in [5, 5.41) is 25.8. The number of rotatable bonds is 7. The lowest BCUT2D eigenvalue weighted by atomic mass is 9.97. The third-order valence-electron chi connectivity index (χ3n) is 5.84. The molecule has 1 aliphatic rings. The van der Waals surface area contributed by atoms with Crippen molar-refractivity contribution in [2.24, 2.45) is 0 Å². The fourth-order valence-corrected chi connectivity index (χ4v) is 5.23. The molecule has 0 aliphatic carbocycles. The van der Waals surface area contributed by atoms with Crippen molar-refractivity contribution in [3.05, 3.63) is 75.6 Å². The van der Waals surface area contributed by atoms with E-state index in [0.717, 1.165) is 23.3 Å². The number of nitro benzene ring substituents is 1. The van der Waals surface area contributed by atoms with E-state index in [9.17, 15) is 14.9 Å². The average Bonchev–Trinajstić information content (AvgIpc) is 3.38. The van der Waals surface area contributed by atoms with Crippen molar-refractivity contribution in [1.29, 1.82) is 0 Å². The van der Waals surface area contributed by atoms with Crippen molar-refractivity contribution in [2.45, 2.75) is 48.3 Å². The van der Waals surface area contributed by atoms with Crippen LogP contribution in [0.5, 0.6) is 0 Å². The van der Waals surface area contributed by atoms with E-state index in [-0.39, 0.29) is 22.4 Å². The van der Waals surface area contributed by atoms with E-state index < -0.39 is 0 Å². The number of aromatic nitrogens is 4. The first-order valence-electron chi connectivity index (χ1n) is 11.2. The van der Waals surface area contributed by atoms with Gasteiger partial charge in [-0.15, -0.1) is 5.10 Å². The second-order valence-corrected chi connectivity index (χ2v) is 9.61. The molecule has 2 heterocycles. The molecule has 0 saturated carbocycles. The predicted octanol–water partition coefficient (Wildman–Crippen LogP) is 4.80. The number of H-pyrrole nitrogens is 1. The fraction of sp³-hybridized carbons (Fsp3) is 0.333. The smallest absolute Gasteiger partial charge is 0.283 e. The summed E-state index contributed by atoms with van der Waals surface area (Å²) in [6.07, 6.45) is 4.88. The zero-order chi connectivity index (χ0) is 24.1. The SMILES string of the molecule is CC(C)c1ccccc1Sc1ccc(C=CC(=O)N2CCCC(c3nnn[nH]3)C2)cc1[N+](=O)[O-]. The first-order valence-corrected chi connectivity index (χ1v) is 12.0. The molecular weight excluding hydrogens is 452 g/mol. The molecule has 0 spiro atoms. The molecule has 1 aliphatic heterocycles. The highest BCUT2D eigenvalue weighted by Gasteiger charge is 2.26. The molecule has 3 aromatic rings. The van der Waals surface area contributed by atoms with Crippen molar-refractivity contribution < 1.29 is 9.72 Å². The first kappa shape index (κ1) is 23.6. The molecule has 1 atom stereocenters. The van der Waals surface area contributed by atoms with Crippen LogP contribution in [0.3, 0.4) is 0 Å². The van der Waals surface area contributed by atoms with Crippen LogP contribution in [0.2, 0.25) is 0 Å². The van der Waals surface area contributed by atoms with Crippen LogP contribution in [0.15, 0.2) is 58.3 Å².